The molecule has 0 heteroatoms. The maximum atomic E-state index is 2.38. The van der Waals surface area contributed by atoms with Gasteiger partial charge < -0.3 is 0 Å². The Bertz CT molecular complexity index is 306. The Morgan fingerprint density at radius 2 is 1.69 bits per heavy atom. The predicted molar refractivity (Wildman–Crippen MR) is 70.6 cm³/mol. The first kappa shape index (κ1) is 11.7. The summed E-state index contributed by atoms with van der Waals surface area (Å²) < 4.78 is 0. The topological polar surface area (TPSA) is 0 Å². The van der Waals surface area contributed by atoms with E-state index in [9.17, 15) is 0 Å². The summed E-state index contributed by atoms with van der Waals surface area (Å²) in [6.45, 7) is 2.12. The van der Waals surface area contributed by atoms with E-state index in [0.29, 0.717) is 0 Å². The predicted octanol–water partition coefficient (Wildman–Crippen LogP) is 5.09. The summed E-state index contributed by atoms with van der Waals surface area (Å²) in [5.74, 6) is 0.820. The molecule has 1 saturated carbocycles. The van der Waals surface area contributed by atoms with Crippen LogP contribution in [0.15, 0.2) is 24.3 Å². The summed E-state index contributed by atoms with van der Waals surface area (Å²) >= 11 is 0. The van der Waals surface area contributed by atoms with Gasteiger partial charge in [0.1, 0.15) is 0 Å². The van der Waals surface area contributed by atoms with Crippen molar-refractivity contribution in [2.45, 2.75) is 57.8 Å². The molecule has 1 aliphatic carbocycles. The fourth-order valence-corrected chi connectivity index (χ4v) is 2.78. The second kappa shape index (κ2) is 6.08. The number of hydrogen-bond acceptors (Lipinski definition) is 0. The second-order valence-electron chi connectivity index (χ2n) is 5.00. The van der Waals surface area contributed by atoms with E-state index in [-0.39, 0.29) is 0 Å². The largest absolute Gasteiger partial charge is 0.0617 e. The molecule has 2 rings (SSSR count). The van der Waals surface area contributed by atoms with Crippen LogP contribution in [0.4, 0.5) is 0 Å². The van der Waals surface area contributed by atoms with E-state index in [0.717, 1.165) is 5.92 Å². The van der Waals surface area contributed by atoms with Crippen LogP contribution in [0.5, 0.6) is 0 Å². The lowest BCUT2D eigenvalue weighted by atomic mass is 9.85. The van der Waals surface area contributed by atoms with Gasteiger partial charge in [-0.05, 0) is 36.3 Å². The van der Waals surface area contributed by atoms with Crippen molar-refractivity contribution in [2.75, 3.05) is 0 Å². The third-order valence-corrected chi connectivity index (χ3v) is 3.82. The lowest BCUT2D eigenvalue weighted by molar-refractivity contribution is 0.455. The van der Waals surface area contributed by atoms with Crippen molar-refractivity contribution in [1.82, 2.24) is 0 Å². The molecule has 0 atom stereocenters. The van der Waals surface area contributed by atoms with Crippen LogP contribution in [0.3, 0.4) is 0 Å². The van der Waals surface area contributed by atoms with E-state index in [2.05, 4.69) is 37.6 Å². The summed E-state index contributed by atoms with van der Waals surface area (Å²) in [6.07, 6.45) is 12.2. The van der Waals surface area contributed by atoms with Crippen LogP contribution in [-0.4, -0.2) is 0 Å². The van der Waals surface area contributed by atoms with Crippen LogP contribution in [0.25, 0.3) is 0 Å². The molecule has 1 aliphatic rings. The second-order valence-corrected chi connectivity index (χ2v) is 5.00. The molecule has 87 valence electrons. The fraction of sp³-hybridized carbons (Fsp3) is 0.562. The molecule has 0 heterocycles. The minimum atomic E-state index is 0.820. The van der Waals surface area contributed by atoms with Crippen LogP contribution in [0.2, 0.25) is 0 Å². The third kappa shape index (κ3) is 3.10. The number of hydrogen-bond donors (Lipinski definition) is 0. The van der Waals surface area contributed by atoms with Gasteiger partial charge >= 0.3 is 0 Å². The lowest BCUT2D eigenvalue weighted by Crippen LogP contribution is -2.02. The van der Waals surface area contributed by atoms with Gasteiger partial charge in [-0.1, -0.05) is 63.3 Å². The van der Waals surface area contributed by atoms with E-state index in [1.54, 1.807) is 5.56 Å². The summed E-state index contributed by atoms with van der Waals surface area (Å²) in [5, 5.41) is 0. The van der Waals surface area contributed by atoms with Crippen molar-refractivity contribution in [3.05, 3.63) is 41.8 Å². The molecule has 0 aromatic heterocycles. The van der Waals surface area contributed by atoms with Gasteiger partial charge in [0.05, 0.1) is 0 Å². The summed E-state index contributed by atoms with van der Waals surface area (Å²) in [7, 11) is 0. The monoisotopic (exact) mass is 215 g/mol. The molecule has 0 nitrogen and oxygen atoms in total. The van der Waals surface area contributed by atoms with Gasteiger partial charge in [0.2, 0.25) is 0 Å². The van der Waals surface area contributed by atoms with E-state index in [1.807, 2.05) is 0 Å². The van der Waals surface area contributed by atoms with Gasteiger partial charge in [-0.25, -0.2) is 0 Å². The van der Waals surface area contributed by atoms with E-state index < -0.39 is 0 Å². The smallest absolute Gasteiger partial charge is 0.0124 e. The molecule has 0 bridgehead atoms. The van der Waals surface area contributed by atoms with Crippen LogP contribution < -0.4 is 0 Å². The molecule has 1 aromatic carbocycles. The van der Waals surface area contributed by atoms with Crippen molar-refractivity contribution in [1.29, 1.82) is 0 Å². The molecule has 0 saturated heterocycles. The summed E-state index contributed by atoms with van der Waals surface area (Å²) in [6, 6.07) is 9.11. The van der Waals surface area contributed by atoms with Crippen molar-refractivity contribution in [2.24, 2.45) is 0 Å². The van der Waals surface area contributed by atoms with Gasteiger partial charge in [0, 0.05) is 0 Å². The molecule has 0 N–H and O–H groups in total. The van der Waals surface area contributed by atoms with Gasteiger partial charge in [-0.2, -0.15) is 0 Å². The molecular weight excluding hydrogens is 192 g/mol. The quantitative estimate of drug-likeness (QED) is 0.645. The summed E-state index contributed by atoms with van der Waals surface area (Å²) in [5.41, 5.74) is 2.94. The first-order chi connectivity index (χ1) is 7.90. The number of benzene rings is 1. The normalized spacial score (nSPS) is 19.1. The molecule has 1 radical (unpaired) electrons. The van der Waals surface area contributed by atoms with Gasteiger partial charge in [0.15, 0.2) is 0 Å². The molecule has 0 spiro atoms. The van der Waals surface area contributed by atoms with Crippen molar-refractivity contribution in [3.8, 4) is 0 Å². The van der Waals surface area contributed by atoms with Crippen molar-refractivity contribution >= 4 is 0 Å². The highest BCUT2D eigenvalue weighted by atomic mass is 14.2. The van der Waals surface area contributed by atoms with Crippen LogP contribution >= 0.6 is 0 Å². The Morgan fingerprint density at radius 1 is 1.00 bits per heavy atom. The average Bonchev–Trinajstić information content (AvgIpc) is 2.29. The minimum Gasteiger partial charge on any atom is -0.0617 e. The highest BCUT2D eigenvalue weighted by molar-refractivity contribution is 5.30. The Balaban J connectivity index is 2.07. The van der Waals surface area contributed by atoms with Crippen molar-refractivity contribution < 1.29 is 0 Å². The SMILES string of the molecule is C[CH]c1cccc(C2CCCCCCC2)c1. The van der Waals surface area contributed by atoms with Crippen LogP contribution in [0, 0.1) is 6.42 Å². The molecular formula is C16H23. The first-order valence-electron chi connectivity index (χ1n) is 6.79. The minimum absolute atomic E-state index is 0.820. The van der Waals surface area contributed by atoms with Crippen molar-refractivity contribution in [3.63, 3.8) is 0 Å². The third-order valence-electron chi connectivity index (χ3n) is 3.82. The fourth-order valence-electron chi connectivity index (χ4n) is 2.78. The van der Waals surface area contributed by atoms with E-state index in [4.69, 9.17) is 0 Å². The zero-order chi connectivity index (χ0) is 11.2. The molecule has 1 fully saturated rings. The van der Waals surface area contributed by atoms with Crippen LogP contribution in [-0.2, 0) is 0 Å². The summed E-state index contributed by atoms with van der Waals surface area (Å²) in [4.78, 5) is 0. The lowest BCUT2D eigenvalue weighted by Gasteiger charge is -2.20. The van der Waals surface area contributed by atoms with E-state index >= 15 is 0 Å². The zero-order valence-electron chi connectivity index (χ0n) is 10.4. The number of rotatable bonds is 2. The Kier molecular flexibility index (Phi) is 4.44. The molecule has 0 unspecified atom stereocenters. The van der Waals surface area contributed by atoms with Crippen LogP contribution in [0.1, 0.15) is 68.9 Å². The molecule has 0 aliphatic heterocycles. The average molecular weight is 215 g/mol. The standard InChI is InChI=1S/C16H23/c1-2-14-9-8-12-16(13-14)15-10-6-4-3-5-7-11-15/h2,8-9,12-13,15H,3-7,10-11H2,1H3. The van der Waals surface area contributed by atoms with Gasteiger partial charge in [0.25, 0.3) is 0 Å². The molecule has 0 amide bonds. The van der Waals surface area contributed by atoms with E-state index in [1.165, 1.54) is 50.5 Å². The Morgan fingerprint density at radius 3 is 2.38 bits per heavy atom. The zero-order valence-corrected chi connectivity index (χ0v) is 10.4. The maximum Gasteiger partial charge on any atom is -0.0124 e. The molecule has 1 aromatic rings. The highest BCUT2D eigenvalue weighted by Crippen LogP contribution is 2.31. The van der Waals surface area contributed by atoms with Gasteiger partial charge in [-0.3, -0.25) is 0 Å². The highest BCUT2D eigenvalue weighted by Gasteiger charge is 2.13. The maximum absolute atomic E-state index is 2.38. The Hall–Kier alpha value is -0.780. The molecule has 16 heavy (non-hydrogen) atoms. The Labute approximate surface area is 100 Å². The van der Waals surface area contributed by atoms with Gasteiger partial charge in [-0.15, -0.1) is 0 Å². The first-order valence-corrected chi connectivity index (χ1v) is 6.79.